The zero-order valence-electron chi connectivity index (χ0n) is 34.7. The van der Waals surface area contributed by atoms with Crippen LogP contribution in [0.2, 0.25) is 0 Å². The number of hydrogen-bond acceptors (Lipinski definition) is 2. The van der Waals surface area contributed by atoms with Gasteiger partial charge < -0.3 is 4.90 Å². The van der Waals surface area contributed by atoms with Gasteiger partial charge >= 0.3 is 0 Å². The standard InChI is InChI=1S/C60H43NSSi/c1-6-16-44(17-7-1)46-26-28-47(29-27-46)48-30-33-50(34-31-48)61(52-37-41-58-57-40-32-49(45-18-8-2-9-19-45)42-59(57)62-60(58)43-52)51-35-38-56(39-36-51)63(53-20-10-3-11-21-53,54-22-12-4-13-23-54)55-24-14-5-15-25-55/h1-43H. The van der Waals surface area contributed by atoms with Crippen molar-refractivity contribution >= 4 is 77.4 Å². The van der Waals surface area contributed by atoms with Gasteiger partial charge in [0.05, 0.1) is 0 Å². The minimum absolute atomic E-state index is 1.11. The molecule has 0 unspecified atom stereocenters. The Bertz CT molecular complexity index is 3180. The number of benzene rings is 10. The van der Waals surface area contributed by atoms with Crippen LogP contribution in [0.4, 0.5) is 17.1 Å². The topological polar surface area (TPSA) is 3.24 Å². The van der Waals surface area contributed by atoms with Gasteiger partial charge in [0.1, 0.15) is 0 Å². The first-order valence-corrected chi connectivity index (χ1v) is 24.4. The molecule has 0 amide bonds. The minimum atomic E-state index is -2.69. The summed E-state index contributed by atoms with van der Waals surface area (Å²) in [5.74, 6) is 0. The van der Waals surface area contributed by atoms with Crippen LogP contribution in [0, 0.1) is 0 Å². The molecule has 11 rings (SSSR count). The SMILES string of the molecule is c1ccc(-c2ccc(-c3ccc(N(c4ccc([Si](c5ccccc5)(c5ccccc5)c5ccccc5)cc4)c4ccc5c(c4)sc4cc(-c6ccccc6)ccc45)cc3)cc2)cc1. The minimum Gasteiger partial charge on any atom is -0.310 e. The summed E-state index contributed by atoms with van der Waals surface area (Å²) >= 11 is 1.87. The van der Waals surface area contributed by atoms with Crippen LogP contribution in [0.15, 0.2) is 261 Å². The fourth-order valence-corrected chi connectivity index (χ4v) is 15.3. The van der Waals surface area contributed by atoms with E-state index in [-0.39, 0.29) is 0 Å². The number of thiophene rings is 1. The van der Waals surface area contributed by atoms with E-state index in [1.54, 1.807) is 0 Å². The summed E-state index contributed by atoms with van der Waals surface area (Å²) in [6, 6.07) is 96.0. The second-order valence-electron chi connectivity index (χ2n) is 16.1. The fraction of sp³-hybridized carbons (Fsp3) is 0. The van der Waals surface area contributed by atoms with Crippen LogP contribution >= 0.6 is 11.3 Å². The number of nitrogens with zero attached hydrogens (tertiary/aromatic N) is 1. The van der Waals surface area contributed by atoms with Gasteiger partial charge in [-0.3, -0.25) is 0 Å². The van der Waals surface area contributed by atoms with Gasteiger partial charge in [-0.15, -0.1) is 11.3 Å². The Morgan fingerprint density at radius 1 is 0.254 bits per heavy atom. The second kappa shape index (κ2) is 16.7. The number of anilines is 3. The van der Waals surface area contributed by atoms with Crippen molar-refractivity contribution in [3.8, 4) is 33.4 Å². The lowest BCUT2D eigenvalue weighted by Gasteiger charge is -2.35. The summed E-state index contributed by atoms with van der Waals surface area (Å²) < 4.78 is 2.57. The van der Waals surface area contributed by atoms with E-state index < -0.39 is 8.07 Å². The molecule has 1 aromatic heterocycles. The maximum atomic E-state index is 2.42. The Hall–Kier alpha value is -7.56. The summed E-state index contributed by atoms with van der Waals surface area (Å²) in [6.45, 7) is 0. The molecule has 10 aromatic carbocycles. The number of fused-ring (bicyclic) bond motifs is 3. The van der Waals surface area contributed by atoms with Gasteiger partial charge in [0, 0.05) is 37.2 Å². The third-order valence-electron chi connectivity index (χ3n) is 12.5. The second-order valence-corrected chi connectivity index (χ2v) is 21.0. The largest absolute Gasteiger partial charge is 0.310 e. The first-order chi connectivity index (χ1) is 31.2. The van der Waals surface area contributed by atoms with Crippen LogP contribution in [0.25, 0.3) is 53.6 Å². The Kier molecular flexibility index (Phi) is 10.2. The summed E-state index contributed by atoms with van der Waals surface area (Å²) in [5.41, 5.74) is 10.7. The van der Waals surface area contributed by atoms with Crippen LogP contribution in [0.3, 0.4) is 0 Å². The molecule has 0 aliphatic heterocycles. The molecule has 0 radical (unpaired) electrons. The molecular weight excluding hydrogens is 795 g/mol. The molecule has 11 aromatic rings. The molecule has 63 heavy (non-hydrogen) atoms. The van der Waals surface area contributed by atoms with Gasteiger partial charge in [-0.1, -0.05) is 218 Å². The fourth-order valence-electron chi connectivity index (χ4n) is 9.38. The zero-order valence-corrected chi connectivity index (χ0v) is 36.5. The van der Waals surface area contributed by atoms with Crippen molar-refractivity contribution in [2.24, 2.45) is 0 Å². The van der Waals surface area contributed by atoms with Crippen molar-refractivity contribution in [1.29, 1.82) is 0 Å². The molecule has 0 aliphatic carbocycles. The van der Waals surface area contributed by atoms with E-state index >= 15 is 0 Å². The highest BCUT2D eigenvalue weighted by atomic mass is 32.1. The smallest absolute Gasteiger partial charge is 0.179 e. The molecule has 0 aliphatic rings. The van der Waals surface area contributed by atoms with Crippen LogP contribution in [0.5, 0.6) is 0 Å². The molecule has 0 saturated heterocycles. The first kappa shape index (κ1) is 38.4. The van der Waals surface area contributed by atoms with Gasteiger partial charge in [0.15, 0.2) is 8.07 Å². The van der Waals surface area contributed by atoms with E-state index in [1.807, 2.05) is 11.3 Å². The monoisotopic (exact) mass is 837 g/mol. The molecule has 0 spiro atoms. The zero-order chi connectivity index (χ0) is 42.0. The predicted octanol–water partition coefficient (Wildman–Crippen LogP) is 13.9. The molecule has 0 fully saturated rings. The highest BCUT2D eigenvalue weighted by Crippen LogP contribution is 2.42. The van der Waals surface area contributed by atoms with Crippen molar-refractivity contribution in [3.05, 3.63) is 261 Å². The summed E-state index contributed by atoms with van der Waals surface area (Å²) in [6.07, 6.45) is 0. The van der Waals surface area contributed by atoms with Crippen LogP contribution in [-0.2, 0) is 0 Å². The van der Waals surface area contributed by atoms with Crippen molar-refractivity contribution < 1.29 is 0 Å². The molecule has 0 saturated carbocycles. The van der Waals surface area contributed by atoms with Crippen molar-refractivity contribution in [2.45, 2.75) is 0 Å². The molecule has 0 bridgehead atoms. The Morgan fingerprint density at radius 2 is 0.571 bits per heavy atom. The average Bonchev–Trinajstić information content (AvgIpc) is 3.74. The maximum Gasteiger partial charge on any atom is 0.179 e. The quantitative estimate of drug-likeness (QED) is 0.0980. The van der Waals surface area contributed by atoms with E-state index in [1.165, 1.54) is 74.3 Å². The molecule has 3 heteroatoms. The van der Waals surface area contributed by atoms with Crippen LogP contribution in [0.1, 0.15) is 0 Å². The van der Waals surface area contributed by atoms with Crippen molar-refractivity contribution in [1.82, 2.24) is 0 Å². The Morgan fingerprint density at radius 3 is 1.05 bits per heavy atom. The first-order valence-electron chi connectivity index (χ1n) is 21.6. The molecule has 0 N–H and O–H groups in total. The van der Waals surface area contributed by atoms with Crippen LogP contribution in [-0.4, -0.2) is 8.07 Å². The Labute approximate surface area is 374 Å². The third-order valence-corrected chi connectivity index (χ3v) is 18.4. The Balaban J connectivity index is 1.03. The summed E-state index contributed by atoms with van der Waals surface area (Å²) in [4.78, 5) is 2.42. The summed E-state index contributed by atoms with van der Waals surface area (Å²) in [5, 5.41) is 8.02. The van der Waals surface area contributed by atoms with Gasteiger partial charge in [0.2, 0.25) is 0 Å². The number of hydrogen-bond donors (Lipinski definition) is 0. The van der Waals surface area contributed by atoms with Gasteiger partial charge in [-0.2, -0.15) is 0 Å². The lowest BCUT2D eigenvalue weighted by molar-refractivity contribution is 1.29. The van der Waals surface area contributed by atoms with E-state index in [4.69, 9.17) is 0 Å². The van der Waals surface area contributed by atoms with Crippen molar-refractivity contribution in [2.75, 3.05) is 4.90 Å². The van der Waals surface area contributed by atoms with Crippen molar-refractivity contribution in [3.63, 3.8) is 0 Å². The van der Waals surface area contributed by atoms with Gasteiger partial charge in [0.25, 0.3) is 0 Å². The lowest BCUT2D eigenvalue weighted by Crippen LogP contribution is -2.74. The van der Waals surface area contributed by atoms with E-state index in [9.17, 15) is 0 Å². The highest BCUT2D eigenvalue weighted by molar-refractivity contribution is 7.26. The van der Waals surface area contributed by atoms with E-state index in [0.29, 0.717) is 0 Å². The van der Waals surface area contributed by atoms with Crippen LogP contribution < -0.4 is 25.6 Å². The van der Waals surface area contributed by atoms with Gasteiger partial charge in [-0.05, 0) is 96.6 Å². The normalized spacial score (nSPS) is 11.5. The maximum absolute atomic E-state index is 2.69. The molecular formula is C60H43NSSi. The molecule has 1 nitrogen and oxygen atoms in total. The molecule has 0 atom stereocenters. The predicted molar refractivity (Wildman–Crippen MR) is 274 cm³/mol. The summed E-state index contributed by atoms with van der Waals surface area (Å²) in [7, 11) is -2.69. The van der Waals surface area contributed by atoms with E-state index in [2.05, 4.69) is 266 Å². The highest BCUT2D eigenvalue weighted by Gasteiger charge is 2.41. The average molecular weight is 838 g/mol. The third kappa shape index (κ3) is 7.17. The lowest BCUT2D eigenvalue weighted by atomic mass is 10.00. The van der Waals surface area contributed by atoms with E-state index in [0.717, 1.165) is 17.1 Å². The molecule has 1 heterocycles. The number of rotatable bonds is 10. The van der Waals surface area contributed by atoms with Gasteiger partial charge in [-0.25, -0.2) is 0 Å². The molecule has 298 valence electrons.